The van der Waals surface area contributed by atoms with E-state index >= 15 is 0 Å². The Morgan fingerprint density at radius 2 is 1.68 bits per heavy atom. The Labute approximate surface area is 229 Å². The summed E-state index contributed by atoms with van der Waals surface area (Å²) in [6, 6.07) is 5.45. The molecule has 0 aromatic heterocycles. The Bertz CT molecular complexity index is 1010. The second-order valence-electron chi connectivity index (χ2n) is 12.2. The number of ether oxygens (including phenoxy) is 1. The number of hydrogen-bond acceptors (Lipinski definition) is 4. The zero-order valence-electron chi connectivity index (χ0n) is 24.5. The highest BCUT2D eigenvalue weighted by atomic mass is 16.6. The molecule has 0 bridgehead atoms. The van der Waals surface area contributed by atoms with E-state index in [4.69, 9.17) is 11.2 Å². The van der Waals surface area contributed by atoms with Crippen LogP contribution in [-0.2, 0) is 14.3 Å². The first kappa shape index (κ1) is 31.2. The smallest absolute Gasteiger partial charge is 0.408 e. The molecule has 1 aliphatic carbocycles. The number of nitrogens with zero attached hydrogens (tertiary/aromatic N) is 1. The van der Waals surface area contributed by atoms with Gasteiger partial charge in [0.05, 0.1) is 0 Å². The molecule has 2 N–H and O–H groups in total. The third kappa shape index (κ3) is 8.24. The zero-order valence-corrected chi connectivity index (χ0v) is 24.5. The summed E-state index contributed by atoms with van der Waals surface area (Å²) >= 11 is 0. The van der Waals surface area contributed by atoms with Crippen LogP contribution in [0.5, 0.6) is 0 Å². The fourth-order valence-electron chi connectivity index (χ4n) is 4.83. The molecule has 0 heterocycles. The third-order valence-corrected chi connectivity index (χ3v) is 7.23. The summed E-state index contributed by atoms with van der Waals surface area (Å²) < 4.78 is 5.46. The van der Waals surface area contributed by atoms with Gasteiger partial charge in [-0.3, -0.25) is 9.59 Å². The van der Waals surface area contributed by atoms with Gasteiger partial charge in [-0.1, -0.05) is 64.2 Å². The second-order valence-corrected chi connectivity index (χ2v) is 12.2. The molecule has 2 atom stereocenters. The molecule has 0 aliphatic heterocycles. The molecule has 1 aliphatic rings. The number of rotatable bonds is 9. The number of benzene rings is 1. The van der Waals surface area contributed by atoms with E-state index in [0.717, 1.165) is 32.1 Å². The molecular weight excluding hydrogens is 478 g/mol. The number of terminal acetylenes is 1. The van der Waals surface area contributed by atoms with Crippen LogP contribution in [0, 0.1) is 18.3 Å². The molecule has 1 fully saturated rings. The lowest BCUT2D eigenvalue weighted by Crippen LogP contribution is -2.61. The minimum atomic E-state index is -0.965. The second kappa shape index (κ2) is 13.2. The highest BCUT2D eigenvalue weighted by molar-refractivity contribution is 5.93. The lowest BCUT2D eigenvalue weighted by atomic mass is 9.88. The number of nitrogens with one attached hydrogen (secondary N) is 2. The minimum absolute atomic E-state index is 0.0548. The first-order valence-corrected chi connectivity index (χ1v) is 13.9. The highest BCUT2D eigenvalue weighted by Gasteiger charge is 2.44. The summed E-state index contributed by atoms with van der Waals surface area (Å²) in [6.45, 7) is 14.9. The van der Waals surface area contributed by atoms with Crippen molar-refractivity contribution in [2.24, 2.45) is 5.92 Å². The molecule has 2 rings (SSSR count). The van der Waals surface area contributed by atoms with Crippen molar-refractivity contribution in [3.63, 3.8) is 0 Å². The van der Waals surface area contributed by atoms with Crippen LogP contribution < -0.4 is 10.6 Å². The first-order valence-electron chi connectivity index (χ1n) is 13.9. The number of hydrogen-bond donors (Lipinski definition) is 2. The molecule has 0 spiro atoms. The Morgan fingerprint density at radius 1 is 1.08 bits per heavy atom. The van der Waals surface area contributed by atoms with Gasteiger partial charge in [-0.05, 0) is 71.4 Å². The van der Waals surface area contributed by atoms with Gasteiger partial charge < -0.3 is 20.3 Å². The standard InChI is InChI=1S/C31H47N3O4/c1-10-22-17-15-16-20-24(22)26(27(35)32-23-18-13-12-14-19-23)34(31(8,9)11-2)28(36)25(21(3)4)33-29(37)38-30(5,6)7/h1,15-17,20-21,23,25-26H,11-14,18-19H2,2-9H3,(H,32,35)(H,33,37). The van der Waals surface area contributed by atoms with Gasteiger partial charge in [0.2, 0.25) is 11.8 Å². The van der Waals surface area contributed by atoms with E-state index in [2.05, 4.69) is 16.6 Å². The normalized spacial score (nSPS) is 16.2. The van der Waals surface area contributed by atoms with Crippen molar-refractivity contribution in [1.29, 1.82) is 0 Å². The molecule has 0 radical (unpaired) electrons. The van der Waals surface area contributed by atoms with Gasteiger partial charge in [0.15, 0.2) is 0 Å². The molecule has 7 nitrogen and oxygen atoms in total. The SMILES string of the molecule is C#Cc1ccccc1C(C(=O)NC1CCCCC1)N(C(=O)C(NC(=O)OC(C)(C)C)C(C)C)C(C)(C)CC. The molecule has 38 heavy (non-hydrogen) atoms. The average Bonchev–Trinajstić information content (AvgIpc) is 2.84. The molecule has 2 unspecified atom stereocenters. The van der Waals surface area contributed by atoms with E-state index in [1.165, 1.54) is 0 Å². The van der Waals surface area contributed by atoms with Crippen molar-refractivity contribution in [1.82, 2.24) is 15.5 Å². The van der Waals surface area contributed by atoms with Crippen LogP contribution in [0.2, 0.25) is 0 Å². The van der Waals surface area contributed by atoms with E-state index < -0.39 is 29.3 Å². The average molecular weight is 526 g/mol. The topological polar surface area (TPSA) is 87.7 Å². The molecule has 210 valence electrons. The van der Waals surface area contributed by atoms with Crippen LogP contribution in [0.1, 0.15) is 111 Å². The predicted octanol–water partition coefficient (Wildman–Crippen LogP) is 5.72. The molecule has 1 aromatic carbocycles. The number of carbonyl (C=O) groups excluding carboxylic acids is 3. The van der Waals surface area contributed by atoms with Crippen LogP contribution in [-0.4, -0.2) is 46.0 Å². The largest absolute Gasteiger partial charge is 0.444 e. The van der Waals surface area contributed by atoms with Crippen LogP contribution in [0.3, 0.4) is 0 Å². The van der Waals surface area contributed by atoms with Crippen LogP contribution in [0.15, 0.2) is 24.3 Å². The lowest BCUT2D eigenvalue weighted by molar-refractivity contribution is -0.150. The van der Waals surface area contributed by atoms with Crippen molar-refractivity contribution in [3.05, 3.63) is 35.4 Å². The minimum Gasteiger partial charge on any atom is -0.444 e. The number of carbonyl (C=O) groups is 3. The molecule has 1 aromatic rings. The molecule has 7 heteroatoms. The summed E-state index contributed by atoms with van der Waals surface area (Å²) in [7, 11) is 0. The maximum absolute atomic E-state index is 14.4. The van der Waals surface area contributed by atoms with Crippen molar-refractivity contribution in [2.45, 2.75) is 123 Å². The van der Waals surface area contributed by atoms with Gasteiger partial charge in [0.25, 0.3) is 0 Å². The summed E-state index contributed by atoms with van der Waals surface area (Å²) in [4.78, 5) is 42.9. The van der Waals surface area contributed by atoms with Gasteiger partial charge >= 0.3 is 6.09 Å². The van der Waals surface area contributed by atoms with E-state index in [0.29, 0.717) is 17.5 Å². The number of alkyl carbamates (subject to hydrolysis) is 1. The van der Waals surface area contributed by atoms with Gasteiger partial charge in [-0.15, -0.1) is 6.42 Å². The third-order valence-electron chi connectivity index (χ3n) is 7.23. The molecule has 0 saturated heterocycles. The first-order chi connectivity index (χ1) is 17.7. The molecular formula is C31H47N3O4. The lowest BCUT2D eigenvalue weighted by Gasteiger charge is -2.45. The summed E-state index contributed by atoms with van der Waals surface area (Å²) in [5.41, 5.74) is -0.290. The van der Waals surface area contributed by atoms with E-state index in [1.807, 2.05) is 52.8 Å². The fourth-order valence-corrected chi connectivity index (χ4v) is 4.83. The van der Waals surface area contributed by atoms with Gasteiger partial charge in [0, 0.05) is 17.1 Å². The maximum Gasteiger partial charge on any atom is 0.408 e. The van der Waals surface area contributed by atoms with Gasteiger partial charge in [-0.25, -0.2) is 4.79 Å². The summed E-state index contributed by atoms with van der Waals surface area (Å²) in [5.74, 6) is 1.84. The van der Waals surface area contributed by atoms with Crippen LogP contribution in [0.25, 0.3) is 0 Å². The Kier molecular flexibility index (Phi) is 10.8. The highest BCUT2D eigenvalue weighted by Crippen LogP contribution is 2.34. The van der Waals surface area contributed by atoms with Crippen molar-refractivity contribution in [3.8, 4) is 12.3 Å². The monoisotopic (exact) mass is 525 g/mol. The van der Waals surface area contributed by atoms with Crippen molar-refractivity contribution < 1.29 is 19.1 Å². The quantitative estimate of drug-likeness (QED) is 0.404. The van der Waals surface area contributed by atoms with Crippen LogP contribution >= 0.6 is 0 Å². The Morgan fingerprint density at radius 3 is 2.21 bits per heavy atom. The Hall–Kier alpha value is -3.01. The van der Waals surface area contributed by atoms with Gasteiger partial charge in [-0.2, -0.15) is 0 Å². The summed E-state index contributed by atoms with van der Waals surface area (Å²) in [6.07, 6.45) is 10.9. The Balaban J connectivity index is 2.61. The fraction of sp³-hybridized carbons (Fsp3) is 0.645. The van der Waals surface area contributed by atoms with Crippen molar-refractivity contribution >= 4 is 17.9 Å². The predicted molar refractivity (Wildman–Crippen MR) is 151 cm³/mol. The van der Waals surface area contributed by atoms with E-state index in [1.54, 1.807) is 31.7 Å². The molecule has 1 saturated carbocycles. The van der Waals surface area contributed by atoms with Gasteiger partial charge in [0.1, 0.15) is 17.7 Å². The van der Waals surface area contributed by atoms with E-state index in [-0.39, 0.29) is 23.8 Å². The molecule has 3 amide bonds. The summed E-state index contributed by atoms with van der Waals surface area (Å²) in [5, 5.41) is 6.01. The van der Waals surface area contributed by atoms with Crippen molar-refractivity contribution in [2.75, 3.05) is 0 Å². The van der Waals surface area contributed by atoms with Crippen LogP contribution in [0.4, 0.5) is 4.79 Å². The zero-order chi connectivity index (χ0) is 28.7. The van der Waals surface area contributed by atoms with E-state index in [9.17, 15) is 14.4 Å². The maximum atomic E-state index is 14.4. The number of amides is 3.